The number of carbonyl (C=O) groups excluding carboxylic acids is 1. The summed E-state index contributed by atoms with van der Waals surface area (Å²) in [4.78, 5) is 12.1. The molecular weight excluding hydrogens is 368 g/mol. The molecule has 24 heavy (non-hydrogen) atoms. The Balaban J connectivity index is 1.98. The quantitative estimate of drug-likeness (QED) is 0.557. The van der Waals surface area contributed by atoms with E-state index in [2.05, 4.69) is 38.4 Å². The minimum atomic E-state index is 0.0197. The summed E-state index contributed by atoms with van der Waals surface area (Å²) in [6, 6.07) is 8.05. The van der Waals surface area contributed by atoms with Crippen molar-refractivity contribution in [1.82, 2.24) is 10.2 Å². The fourth-order valence-electron chi connectivity index (χ4n) is 2.65. The smallest absolute Gasteiger partial charge is 0.225 e. The maximum atomic E-state index is 12.1. The minimum absolute atomic E-state index is 0.0197. The molecule has 0 aliphatic carbocycles. The van der Waals surface area contributed by atoms with E-state index in [9.17, 15) is 4.79 Å². The van der Waals surface area contributed by atoms with Crippen molar-refractivity contribution in [3.63, 3.8) is 0 Å². The Morgan fingerprint density at radius 3 is 2.58 bits per heavy atom. The molecule has 4 N–H and O–H groups in total. The summed E-state index contributed by atoms with van der Waals surface area (Å²) in [5.41, 5.74) is 8.53. The maximum absolute atomic E-state index is 12.1. The molecule has 0 atom stereocenters. The number of aromatic nitrogens is 2. The van der Waals surface area contributed by atoms with Crippen molar-refractivity contribution in [1.29, 1.82) is 0 Å². The van der Waals surface area contributed by atoms with Crippen molar-refractivity contribution in [2.24, 2.45) is 5.73 Å². The van der Waals surface area contributed by atoms with Gasteiger partial charge in [-0.15, -0.1) is 0 Å². The Labute approximate surface area is 151 Å². The molecule has 2 aromatic rings. The predicted molar refractivity (Wildman–Crippen MR) is 102 cm³/mol. The van der Waals surface area contributed by atoms with E-state index < -0.39 is 0 Å². The number of carbonyl (C=O) groups is 1. The zero-order chi connectivity index (χ0) is 17.4. The number of H-pyrrole nitrogens is 1. The van der Waals surface area contributed by atoms with Crippen LogP contribution in [0.4, 0.5) is 5.82 Å². The molecule has 1 amide bonds. The Bertz CT molecular complexity index is 652. The number of nitrogens with zero attached hydrogens (tertiary/aromatic N) is 1. The summed E-state index contributed by atoms with van der Waals surface area (Å²) in [5, 5.41) is 10.3. The first-order valence-corrected chi connectivity index (χ1v) is 9.28. The van der Waals surface area contributed by atoms with Crippen LogP contribution in [0.1, 0.15) is 44.6 Å². The van der Waals surface area contributed by atoms with Gasteiger partial charge in [0.05, 0.1) is 5.69 Å². The predicted octanol–water partition coefficient (Wildman–Crippen LogP) is 4.25. The summed E-state index contributed by atoms with van der Waals surface area (Å²) in [6.07, 6.45) is 5.35. The van der Waals surface area contributed by atoms with Crippen LogP contribution in [0.5, 0.6) is 0 Å². The number of aromatic amines is 1. The summed E-state index contributed by atoms with van der Waals surface area (Å²) in [7, 11) is 0. The number of benzene rings is 1. The molecule has 0 radical (unpaired) electrons. The number of hydrogen-bond acceptors (Lipinski definition) is 3. The number of rotatable bonds is 9. The molecular formula is C18H25BrN4O. The lowest BCUT2D eigenvalue weighted by atomic mass is 10.1. The van der Waals surface area contributed by atoms with E-state index in [0.717, 1.165) is 59.9 Å². The third kappa shape index (κ3) is 5.18. The van der Waals surface area contributed by atoms with E-state index in [1.165, 1.54) is 0 Å². The second kappa shape index (κ2) is 9.59. The van der Waals surface area contributed by atoms with Crippen LogP contribution >= 0.6 is 15.9 Å². The van der Waals surface area contributed by atoms with Gasteiger partial charge in [0.15, 0.2) is 5.82 Å². The van der Waals surface area contributed by atoms with Crippen LogP contribution in [0.3, 0.4) is 0 Å². The molecule has 0 saturated heterocycles. The van der Waals surface area contributed by atoms with Crippen LogP contribution in [0, 0.1) is 0 Å². The lowest BCUT2D eigenvalue weighted by molar-refractivity contribution is -0.116. The first kappa shape index (κ1) is 18.7. The van der Waals surface area contributed by atoms with Gasteiger partial charge in [0.1, 0.15) is 0 Å². The van der Waals surface area contributed by atoms with Crippen LogP contribution in [0.15, 0.2) is 28.7 Å². The highest BCUT2D eigenvalue weighted by Gasteiger charge is 2.15. The Hall–Kier alpha value is -1.66. The van der Waals surface area contributed by atoms with Crippen LogP contribution < -0.4 is 11.1 Å². The number of amides is 1. The van der Waals surface area contributed by atoms with Gasteiger partial charge in [0.2, 0.25) is 5.91 Å². The molecule has 0 spiro atoms. The first-order valence-electron chi connectivity index (χ1n) is 8.48. The number of nitrogens with two attached hydrogens (primary N) is 1. The number of hydrogen-bond donors (Lipinski definition) is 3. The van der Waals surface area contributed by atoms with Crippen molar-refractivity contribution >= 4 is 27.7 Å². The van der Waals surface area contributed by atoms with Crippen LogP contribution in [-0.2, 0) is 11.2 Å². The molecule has 0 fully saturated rings. The minimum Gasteiger partial charge on any atom is -0.330 e. The van der Waals surface area contributed by atoms with Crippen LogP contribution in [0.25, 0.3) is 11.3 Å². The molecule has 0 unspecified atom stereocenters. The lowest BCUT2D eigenvalue weighted by Gasteiger charge is -2.06. The molecule has 6 heteroatoms. The number of nitrogens with one attached hydrogen (secondary N) is 2. The highest BCUT2D eigenvalue weighted by molar-refractivity contribution is 9.10. The fraction of sp³-hybridized carbons (Fsp3) is 0.444. The Morgan fingerprint density at radius 1 is 1.21 bits per heavy atom. The van der Waals surface area contributed by atoms with E-state index in [-0.39, 0.29) is 5.91 Å². The van der Waals surface area contributed by atoms with Gasteiger partial charge < -0.3 is 11.1 Å². The third-order valence-electron chi connectivity index (χ3n) is 3.97. The number of halogens is 1. The van der Waals surface area contributed by atoms with Gasteiger partial charge in [0.25, 0.3) is 0 Å². The normalized spacial score (nSPS) is 10.8. The highest BCUT2D eigenvalue weighted by Crippen LogP contribution is 2.28. The van der Waals surface area contributed by atoms with Crippen molar-refractivity contribution in [2.75, 3.05) is 11.9 Å². The third-order valence-corrected chi connectivity index (χ3v) is 4.50. The molecule has 1 aromatic carbocycles. The first-order chi connectivity index (χ1) is 11.7. The van der Waals surface area contributed by atoms with Gasteiger partial charge in [-0.1, -0.05) is 47.8 Å². The summed E-state index contributed by atoms with van der Waals surface area (Å²) in [6.45, 7) is 2.79. The Kier molecular flexibility index (Phi) is 7.46. The molecule has 5 nitrogen and oxygen atoms in total. The highest BCUT2D eigenvalue weighted by atomic mass is 79.9. The largest absolute Gasteiger partial charge is 0.330 e. The lowest BCUT2D eigenvalue weighted by Crippen LogP contribution is -2.12. The molecule has 1 aromatic heterocycles. The molecule has 0 bridgehead atoms. The summed E-state index contributed by atoms with van der Waals surface area (Å²) < 4.78 is 1.03. The van der Waals surface area contributed by atoms with E-state index in [1.54, 1.807) is 0 Å². The molecule has 2 rings (SSSR count). The van der Waals surface area contributed by atoms with Gasteiger partial charge in [-0.05, 0) is 43.5 Å². The monoisotopic (exact) mass is 392 g/mol. The molecule has 0 aliphatic heterocycles. The average molecular weight is 393 g/mol. The zero-order valence-electron chi connectivity index (χ0n) is 14.1. The van der Waals surface area contributed by atoms with E-state index in [4.69, 9.17) is 5.73 Å². The zero-order valence-corrected chi connectivity index (χ0v) is 15.7. The van der Waals surface area contributed by atoms with Crippen LogP contribution in [-0.4, -0.2) is 22.6 Å². The van der Waals surface area contributed by atoms with E-state index >= 15 is 0 Å². The van der Waals surface area contributed by atoms with Crippen LogP contribution in [0.2, 0.25) is 0 Å². The summed E-state index contributed by atoms with van der Waals surface area (Å²) >= 11 is 3.44. The van der Waals surface area contributed by atoms with E-state index in [1.807, 2.05) is 24.3 Å². The van der Waals surface area contributed by atoms with Gasteiger partial charge in [-0.2, -0.15) is 5.10 Å². The maximum Gasteiger partial charge on any atom is 0.225 e. The van der Waals surface area contributed by atoms with Gasteiger partial charge in [0, 0.05) is 16.5 Å². The molecule has 1 heterocycles. The number of anilines is 1. The van der Waals surface area contributed by atoms with Gasteiger partial charge in [-0.3, -0.25) is 9.89 Å². The Morgan fingerprint density at radius 2 is 1.92 bits per heavy atom. The van der Waals surface area contributed by atoms with E-state index in [0.29, 0.717) is 12.2 Å². The second-order valence-corrected chi connectivity index (χ2v) is 6.70. The van der Waals surface area contributed by atoms with Gasteiger partial charge in [-0.25, -0.2) is 0 Å². The molecule has 130 valence electrons. The summed E-state index contributed by atoms with van der Waals surface area (Å²) in [5.74, 6) is 0.661. The second-order valence-electron chi connectivity index (χ2n) is 5.79. The topological polar surface area (TPSA) is 83.8 Å². The van der Waals surface area contributed by atoms with Crippen molar-refractivity contribution in [2.45, 2.75) is 45.4 Å². The number of unbranched alkanes of at least 4 members (excludes halogenated alkanes) is 3. The SMILES string of the molecule is CCc1c(NC(=O)CCCCCCN)n[nH]c1-c1ccc(Br)cc1. The average Bonchev–Trinajstić information content (AvgIpc) is 2.98. The van der Waals surface area contributed by atoms with Crippen molar-refractivity contribution in [3.05, 3.63) is 34.3 Å². The van der Waals surface area contributed by atoms with Gasteiger partial charge >= 0.3 is 0 Å². The van der Waals surface area contributed by atoms with Crippen molar-refractivity contribution < 1.29 is 4.79 Å². The van der Waals surface area contributed by atoms with Crippen molar-refractivity contribution in [3.8, 4) is 11.3 Å². The fourth-order valence-corrected chi connectivity index (χ4v) is 2.91. The molecule has 0 saturated carbocycles. The molecule has 0 aliphatic rings. The standard InChI is InChI=1S/C18H25BrN4O/c1-2-15-17(13-8-10-14(19)11-9-13)22-23-18(15)21-16(24)7-5-3-4-6-12-20/h8-11H,2-7,12,20H2,1H3,(H2,21,22,23,24).